The van der Waals surface area contributed by atoms with Crippen molar-refractivity contribution in [3.8, 4) is 0 Å². The quantitative estimate of drug-likeness (QED) is 0.568. The molecule has 0 aromatic rings. The molecule has 0 rings (SSSR count). The summed E-state index contributed by atoms with van der Waals surface area (Å²) in [5.74, 6) is 0. The van der Waals surface area contributed by atoms with Gasteiger partial charge in [-0.2, -0.15) is 0 Å². The summed E-state index contributed by atoms with van der Waals surface area (Å²) >= 11 is -0.966. The summed E-state index contributed by atoms with van der Waals surface area (Å²) < 4.78 is 14.5. The van der Waals surface area contributed by atoms with E-state index in [2.05, 4.69) is 27.0 Å². The Bertz CT molecular complexity index is 174. The van der Waals surface area contributed by atoms with Crippen molar-refractivity contribution in [1.29, 1.82) is 0 Å². The van der Waals surface area contributed by atoms with Gasteiger partial charge in [-0.25, -0.2) is 0 Å². The summed E-state index contributed by atoms with van der Waals surface area (Å²) in [5, 5.41) is 0. The summed E-state index contributed by atoms with van der Waals surface area (Å²) in [6.45, 7) is 8.07. The van der Waals surface area contributed by atoms with E-state index in [1.807, 2.05) is 11.8 Å². The number of hydrogen-bond donors (Lipinski definition) is 1. The first-order chi connectivity index (χ1) is 8.10. The third-order valence-corrected chi connectivity index (χ3v) is 16.6. The molecule has 1 unspecified atom stereocenters. The van der Waals surface area contributed by atoms with E-state index in [4.69, 9.17) is 11.9 Å². The van der Waals surface area contributed by atoms with Crippen molar-refractivity contribution in [2.24, 2.45) is 5.73 Å². The zero-order chi connectivity index (χ0) is 13.1. The van der Waals surface area contributed by atoms with Gasteiger partial charge in [0.25, 0.3) is 0 Å². The van der Waals surface area contributed by atoms with Crippen molar-refractivity contribution in [3.05, 3.63) is 0 Å². The van der Waals surface area contributed by atoms with E-state index >= 15 is 0 Å². The molecule has 0 aliphatic heterocycles. The standard InChI is InChI=1S/C4H10N.2C3H7O.C2H5S.Sn/c1-3-4(2)5;2*1-2-3-4;1-3-2;/h4H,1,3,5H2,2H3;2*2-3H2,1H3;1H2,2H3;/q;2*-1;;+2. The monoisotopic (exact) mass is 371 g/mol. The van der Waals surface area contributed by atoms with Gasteiger partial charge in [-0.1, -0.05) is 0 Å². The fraction of sp³-hybridized carbons (Fsp3) is 1.00. The molecule has 0 bridgehead atoms. The molecule has 104 valence electrons. The fourth-order valence-corrected chi connectivity index (χ4v) is 15.7. The van der Waals surface area contributed by atoms with E-state index in [1.54, 1.807) is 0 Å². The normalized spacial score (nSPS) is 13.9. The maximum absolute atomic E-state index is 6.18. The van der Waals surface area contributed by atoms with E-state index in [0.717, 1.165) is 40.7 Å². The van der Waals surface area contributed by atoms with Crippen LogP contribution in [-0.2, 0) is 6.15 Å². The average Bonchev–Trinajstić information content (AvgIpc) is 2.31. The van der Waals surface area contributed by atoms with E-state index in [-0.39, 0.29) is 6.04 Å². The molecule has 0 spiro atoms. The van der Waals surface area contributed by atoms with Gasteiger partial charge in [0.15, 0.2) is 0 Å². The van der Waals surface area contributed by atoms with Gasteiger partial charge in [0.05, 0.1) is 0 Å². The van der Waals surface area contributed by atoms with Gasteiger partial charge >= 0.3 is 117 Å². The van der Waals surface area contributed by atoms with Gasteiger partial charge in [-0.15, -0.1) is 0 Å². The SMILES string of the molecule is CCC[O][Sn]([CH2]CC(C)N)([CH2]SC)[O]CCC. The van der Waals surface area contributed by atoms with Crippen LogP contribution in [0, 0.1) is 0 Å². The topological polar surface area (TPSA) is 44.5 Å². The second-order valence-corrected chi connectivity index (χ2v) is 16.2. The molecule has 5 heteroatoms. The first kappa shape index (κ1) is 18.0. The predicted molar refractivity (Wildman–Crippen MR) is 79.7 cm³/mol. The van der Waals surface area contributed by atoms with Gasteiger partial charge in [0.2, 0.25) is 0 Å². The van der Waals surface area contributed by atoms with Crippen LogP contribution in [0.2, 0.25) is 4.44 Å². The first-order valence-electron chi connectivity index (χ1n) is 6.62. The van der Waals surface area contributed by atoms with E-state index in [1.165, 1.54) is 0 Å². The fourth-order valence-electron chi connectivity index (χ4n) is 1.59. The van der Waals surface area contributed by atoms with E-state index < -0.39 is 19.2 Å². The van der Waals surface area contributed by atoms with Crippen LogP contribution < -0.4 is 5.73 Å². The Morgan fingerprint density at radius 2 is 1.71 bits per heavy atom. The molecule has 0 radical (unpaired) electrons. The van der Waals surface area contributed by atoms with Crippen molar-refractivity contribution in [2.75, 3.05) is 23.2 Å². The molecule has 3 nitrogen and oxygen atoms in total. The molecule has 0 aliphatic carbocycles. The molecule has 0 aromatic carbocycles. The molecule has 0 aromatic heterocycles. The Labute approximate surface area is 116 Å². The van der Waals surface area contributed by atoms with Crippen LogP contribution in [0.1, 0.15) is 40.0 Å². The number of hydrogen-bond acceptors (Lipinski definition) is 4. The van der Waals surface area contributed by atoms with Crippen LogP contribution in [-0.4, -0.2) is 48.5 Å². The Morgan fingerprint density at radius 3 is 2.06 bits per heavy atom. The minimum atomic E-state index is -2.83. The molecule has 0 saturated carbocycles. The van der Waals surface area contributed by atoms with Crippen molar-refractivity contribution < 1.29 is 6.15 Å². The third kappa shape index (κ3) is 8.70. The molecule has 0 saturated heterocycles. The second-order valence-electron chi connectivity index (χ2n) is 4.56. The molecule has 1 atom stereocenters. The van der Waals surface area contributed by atoms with Gasteiger partial charge in [-0.05, 0) is 0 Å². The van der Waals surface area contributed by atoms with Crippen molar-refractivity contribution in [1.82, 2.24) is 0 Å². The van der Waals surface area contributed by atoms with Gasteiger partial charge in [-0.3, -0.25) is 0 Å². The van der Waals surface area contributed by atoms with E-state index in [0.29, 0.717) is 0 Å². The van der Waals surface area contributed by atoms with Crippen LogP contribution in [0.4, 0.5) is 0 Å². The number of thioether (sulfide) groups is 1. The third-order valence-electron chi connectivity index (χ3n) is 2.48. The van der Waals surface area contributed by atoms with Gasteiger partial charge < -0.3 is 0 Å². The summed E-state index contributed by atoms with van der Waals surface area (Å²) in [6, 6.07) is 0.253. The molecule has 17 heavy (non-hydrogen) atoms. The maximum atomic E-state index is 6.18. The zero-order valence-corrected chi connectivity index (χ0v) is 15.5. The first-order valence-corrected chi connectivity index (χ1v) is 14.4. The van der Waals surface area contributed by atoms with Crippen LogP contribution in [0.5, 0.6) is 0 Å². The molecule has 0 heterocycles. The molecular formula is C12H29NO2SSn. The second kappa shape index (κ2) is 10.9. The zero-order valence-electron chi connectivity index (χ0n) is 11.8. The van der Waals surface area contributed by atoms with Crippen molar-refractivity contribution in [2.45, 2.75) is 50.5 Å². The Balaban J connectivity index is 4.43. The molecule has 0 amide bonds. The van der Waals surface area contributed by atoms with Crippen LogP contribution in [0.25, 0.3) is 0 Å². The van der Waals surface area contributed by atoms with Gasteiger partial charge in [0.1, 0.15) is 0 Å². The summed E-state index contributed by atoms with van der Waals surface area (Å²) in [4.78, 5) is 0. The number of nitrogens with two attached hydrogens (primary N) is 1. The number of rotatable bonds is 11. The molecule has 0 fully saturated rings. The van der Waals surface area contributed by atoms with Crippen LogP contribution in [0.15, 0.2) is 0 Å². The Morgan fingerprint density at radius 1 is 1.18 bits per heavy atom. The van der Waals surface area contributed by atoms with Crippen molar-refractivity contribution >= 4 is 31.0 Å². The molecule has 0 aliphatic rings. The molecule has 2 N–H and O–H groups in total. The average molecular weight is 370 g/mol. The molecular weight excluding hydrogens is 341 g/mol. The summed E-state index contributed by atoms with van der Waals surface area (Å²) in [6.07, 6.45) is 5.31. The Hall–Kier alpha value is 1.03. The summed E-state index contributed by atoms with van der Waals surface area (Å²) in [7, 11) is 0. The van der Waals surface area contributed by atoms with E-state index in [9.17, 15) is 0 Å². The van der Waals surface area contributed by atoms with Crippen LogP contribution >= 0.6 is 11.8 Å². The predicted octanol–water partition coefficient (Wildman–Crippen LogP) is 2.92. The van der Waals surface area contributed by atoms with Gasteiger partial charge in [0, 0.05) is 0 Å². The van der Waals surface area contributed by atoms with Crippen molar-refractivity contribution in [3.63, 3.8) is 0 Å². The minimum absolute atomic E-state index is 0.253. The Kier molecular flexibility index (Phi) is 11.6. The summed E-state index contributed by atoms with van der Waals surface area (Å²) in [5.41, 5.74) is 5.87. The van der Waals surface area contributed by atoms with Crippen LogP contribution in [0.3, 0.4) is 0 Å².